The molecule has 1 aromatic heterocycles. The van der Waals surface area contributed by atoms with Crippen LogP contribution in [0.5, 0.6) is 0 Å². The van der Waals surface area contributed by atoms with Gasteiger partial charge in [-0.25, -0.2) is 4.98 Å². The maximum atomic E-state index is 13.7. The second-order valence-corrected chi connectivity index (χ2v) is 10.7. The third kappa shape index (κ3) is 5.93. The Morgan fingerprint density at radius 2 is 1.89 bits per heavy atom. The van der Waals surface area contributed by atoms with Crippen molar-refractivity contribution in [3.63, 3.8) is 0 Å². The van der Waals surface area contributed by atoms with Gasteiger partial charge in [-0.15, -0.1) is 0 Å². The van der Waals surface area contributed by atoms with E-state index in [1.807, 2.05) is 19.1 Å². The Kier molecular flexibility index (Phi) is 7.42. The number of nitrogens with one attached hydrogen (secondary N) is 2. The van der Waals surface area contributed by atoms with Gasteiger partial charge in [-0.1, -0.05) is 42.8 Å². The summed E-state index contributed by atoms with van der Waals surface area (Å²) in [6.07, 6.45) is 7.88. The van der Waals surface area contributed by atoms with Gasteiger partial charge in [0.05, 0.1) is 11.7 Å². The van der Waals surface area contributed by atoms with Crippen LogP contribution >= 0.6 is 0 Å². The van der Waals surface area contributed by atoms with Gasteiger partial charge in [0.2, 0.25) is 0 Å². The lowest BCUT2D eigenvalue weighted by Crippen LogP contribution is -2.33. The molecule has 1 saturated carbocycles. The Balaban J connectivity index is 1.46. The molecule has 1 aliphatic heterocycles. The average Bonchev–Trinajstić information content (AvgIpc) is 3.55. The third-order valence-corrected chi connectivity index (χ3v) is 7.49. The molecule has 0 spiro atoms. The molecule has 2 heterocycles. The summed E-state index contributed by atoms with van der Waals surface area (Å²) in [5.74, 6) is 0.486. The number of rotatable bonds is 9. The standard InChI is InChI=1S/C30H37N5O2/c1-20-7-6-8-23(17-20)27(22(3)19-34-14-4-5-15-34)33-28-30(37)35(16-13-31-28)26-18-24(10-9-21(26)2)29(36)32-25-11-12-25/h6-10,13,16-18,22,25,27H,4-5,11-12,14-15,19H2,1-3H3,(H,31,33)(H,32,36)/t22-,27+/m0/s1. The van der Waals surface area contributed by atoms with Crippen molar-refractivity contribution < 1.29 is 4.79 Å². The Bertz CT molecular complexity index is 1320. The molecule has 2 aliphatic rings. The van der Waals surface area contributed by atoms with Gasteiger partial charge in [0.25, 0.3) is 11.5 Å². The van der Waals surface area contributed by atoms with E-state index in [0.717, 1.165) is 43.6 Å². The molecule has 1 aliphatic carbocycles. The van der Waals surface area contributed by atoms with Crippen LogP contribution in [0.4, 0.5) is 5.82 Å². The third-order valence-electron chi connectivity index (χ3n) is 7.49. The number of aryl methyl sites for hydroxylation is 2. The van der Waals surface area contributed by atoms with Crippen molar-refractivity contribution >= 4 is 11.7 Å². The van der Waals surface area contributed by atoms with E-state index in [1.165, 1.54) is 18.4 Å². The lowest BCUT2D eigenvalue weighted by atomic mass is 9.93. The molecule has 7 nitrogen and oxygen atoms in total. The minimum absolute atomic E-state index is 0.0618. The molecule has 0 bridgehead atoms. The summed E-state index contributed by atoms with van der Waals surface area (Å²) in [6, 6.07) is 14.2. The molecule has 2 fully saturated rings. The summed E-state index contributed by atoms with van der Waals surface area (Å²) in [5, 5.41) is 6.55. The molecule has 7 heteroatoms. The quantitative estimate of drug-likeness (QED) is 0.449. The van der Waals surface area contributed by atoms with E-state index in [9.17, 15) is 9.59 Å². The SMILES string of the molecule is Cc1cccc([C@H](Nc2nccn(-c3cc(C(=O)NC4CC4)ccc3C)c2=O)[C@@H](C)CN2CCCC2)c1. The zero-order chi connectivity index (χ0) is 25.9. The fourth-order valence-electron chi connectivity index (χ4n) is 5.25. The van der Waals surface area contributed by atoms with Crippen molar-refractivity contribution in [3.05, 3.63) is 87.5 Å². The Morgan fingerprint density at radius 1 is 1.11 bits per heavy atom. The summed E-state index contributed by atoms with van der Waals surface area (Å²) in [4.78, 5) is 33.4. The number of likely N-dealkylation sites (tertiary alicyclic amines) is 1. The van der Waals surface area contributed by atoms with Crippen molar-refractivity contribution in [1.82, 2.24) is 19.8 Å². The Labute approximate surface area is 218 Å². The minimum Gasteiger partial charge on any atom is -0.358 e. The van der Waals surface area contributed by atoms with E-state index in [0.29, 0.717) is 17.1 Å². The number of hydrogen-bond acceptors (Lipinski definition) is 5. The Hall–Kier alpha value is -3.45. The number of anilines is 1. The number of aromatic nitrogens is 2. The molecule has 3 aromatic rings. The molecule has 37 heavy (non-hydrogen) atoms. The van der Waals surface area contributed by atoms with Crippen molar-refractivity contribution in [2.45, 2.75) is 58.5 Å². The highest BCUT2D eigenvalue weighted by Crippen LogP contribution is 2.28. The van der Waals surface area contributed by atoms with Gasteiger partial charge >= 0.3 is 0 Å². The van der Waals surface area contributed by atoms with E-state index in [-0.39, 0.29) is 29.5 Å². The molecule has 0 radical (unpaired) electrons. The number of carbonyl (C=O) groups excluding carboxylic acids is 1. The molecule has 5 rings (SSSR count). The second-order valence-electron chi connectivity index (χ2n) is 10.7. The predicted molar refractivity (Wildman–Crippen MR) is 147 cm³/mol. The normalized spacial score (nSPS) is 17.4. The van der Waals surface area contributed by atoms with E-state index in [2.05, 4.69) is 58.6 Å². The lowest BCUT2D eigenvalue weighted by Gasteiger charge is -2.29. The molecular weight excluding hydrogens is 462 g/mol. The van der Waals surface area contributed by atoms with Crippen LogP contribution in [0.1, 0.15) is 65.7 Å². The van der Waals surface area contributed by atoms with Crippen molar-refractivity contribution in [2.24, 2.45) is 5.92 Å². The second kappa shape index (κ2) is 10.9. The molecule has 2 atom stereocenters. The highest BCUT2D eigenvalue weighted by molar-refractivity contribution is 5.95. The van der Waals surface area contributed by atoms with Crippen LogP contribution in [0.2, 0.25) is 0 Å². The monoisotopic (exact) mass is 499 g/mol. The summed E-state index contributed by atoms with van der Waals surface area (Å²) in [5.41, 5.74) is 4.28. The predicted octanol–water partition coefficient (Wildman–Crippen LogP) is 4.63. The largest absolute Gasteiger partial charge is 0.358 e. The van der Waals surface area contributed by atoms with Crippen LogP contribution in [-0.4, -0.2) is 46.0 Å². The topological polar surface area (TPSA) is 79.3 Å². The molecule has 1 amide bonds. The minimum atomic E-state index is -0.226. The first-order valence-corrected chi connectivity index (χ1v) is 13.4. The Morgan fingerprint density at radius 3 is 2.62 bits per heavy atom. The van der Waals surface area contributed by atoms with Gasteiger partial charge < -0.3 is 15.5 Å². The van der Waals surface area contributed by atoms with Crippen molar-refractivity contribution in [3.8, 4) is 5.69 Å². The maximum absolute atomic E-state index is 13.7. The van der Waals surface area contributed by atoms with Gasteiger partial charge in [0.1, 0.15) is 0 Å². The van der Waals surface area contributed by atoms with Crippen molar-refractivity contribution in [1.29, 1.82) is 0 Å². The fraction of sp³-hybridized carbons (Fsp3) is 0.433. The smallest absolute Gasteiger partial charge is 0.297 e. The molecule has 194 valence electrons. The molecular formula is C30H37N5O2. The fourth-order valence-corrected chi connectivity index (χ4v) is 5.25. The van der Waals surface area contributed by atoms with Gasteiger partial charge in [0.15, 0.2) is 5.82 Å². The molecule has 2 N–H and O–H groups in total. The van der Waals surface area contributed by atoms with Crippen LogP contribution in [0.15, 0.2) is 59.7 Å². The summed E-state index contributed by atoms with van der Waals surface area (Å²) >= 11 is 0. The molecule has 2 aromatic carbocycles. The van der Waals surface area contributed by atoms with Crippen LogP contribution in [0.25, 0.3) is 5.69 Å². The number of nitrogens with zero attached hydrogens (tertiary/aromatic N) is 3. The van der Waals surface area contributed by atoms with Crippen LogP contribution < -0.4 is 16.2 Å². The zero-order valence-electron chi connectivity index (χ0n) is 22.0. The highest BCUT2D eigenvalue weighted by Gasteiger charge is 2.26. The van der Waals surface area contributed by atoms with E-state index in [4.69, 9.17) is 0 Å². The first-order valence-electron chi connectivity index (χ1n) is 13.4. The summed E-state index contributed by atoms with van der Waals surface area (Å²) in [7, 11) is 0. The average molecular weight is 500 g/mol. The van der Waals surface area contributed by atoms with Crippen LogP contribution in [-0.2, 0) is 0 Å². The van der Waals surface area contributed by atoms with E-state index >= 15 is 0 Å². The van der Waals surface area contributed by atoms with Crippen LogP contribution in [0.3, 0.4) is 0 Å². The zero-order valence-corrected chi connectivity index (χ0v) is 22.0. The van der Waals surface area contributed by atoms with Crippen molar-refractivity contribution in [2.75, 3.05) is 25.0 Å². The van der Waals surface area contributed by atoms with Gasteiger partial charge in [-0.05, 0) is 81.8 Å². The molecule has 1 saturated heterocycles. The maximum Gasteiger partial charge on any atom is 0.297 e. The molecule has 0 unspecified atom stereocenters. The van der Waals surface area contributed by atoms with E-state index in [1.54, 1.807) is 23.0 Å². The number of hydrogen-bond donors (Lipinski definition) is 2. The van der Waals surface area contributed by atoms with Gasteiger partial charge in [0, 0.05) is 30.5 Å². The number of amides is 1. The first-order chi connectivity index (χ1) is 17.9. The summed E-state index contributed by atoms with van der Waals surface area (Å²) in [6.45, 7) is 9.51. The van der Waals surface area contributed by atoms with E-state index < -0.39 is 0 Å². The first kappa shape index (κ1) is 25.2. The van der Waals surface area contributed by atoms with Gasteiger partial charge in [-0.2, -0.15) is 0 Å². The number of carbonyl (C=O) groups is 1. The highest BCUT2D eigenvalue weighted by atomic mass is 16.2. The van der Waals surface area contributed by atoms with Crippen LogP contribution in [0, 0.1) is 19.8 Å². The number of benzene rings is 2. The van der Waals surface area contributed by atoms with Gasteiger partial charge in [-0.3, -0.25) is 14.2 Å². The summed E-state index contributed by atoms with van der Waals surface area (Å²) < 4.78 is 1.59. The lowest BCUT2D eigenvalue weighted by molar-refractivity contribution is 0.0951.